The fourth-order valence-electron chi connectivity index (χ4n) is 2.35. The summed E-state index contributed by atoms with van der Waals surface area (Å²) in [6, 6.07) is 11.0. The second-order valence-corrected chi connectivity index (χ2v) is 4.60. The molecule has 0 aliphatic carbocycles. The summed E-state index contributed by atoms with van der Waals surface area (Å²) in [5.41, 5.74) is 2.18. The van der Waals surface area contributed by atoms with Crippen molar-refractivity contribution in [3.05, 3.63) is 70.8 Å². The number of rotatable bonds is 2. The zero-order chi connectivity index (χ0) is 13.4. The summed E-state index contributed by atoms with van der Waals surface area (Å²) in [5.74, 6) is -0.538. The first-order chi connectivity index (χ1) is 9.15. The molecule has 0 radical (unpaired) electrons. The number of hydrogen-bond donors (Lipinski definition) is 1. The summed E-state index contributed by atoms with van der Waals surface area (Å²) in [6.07, 6.45) is 0. The molecule has 1 aliphatic heterocycles. The van der Waals surface area contributed by atoms with Crippen LogP contribution in [-0.2, 0) is 13.1 Å². The van der Waals surface area contributed by atoms with Crippen LogP contribution in [-0.4, -0.2) is 10.7 Å². The molecule has 0 saturated heterocycles. The van der Waals surface area contributed by atoms with Gasteiger partial charge in [-0.05, 0) is 23.8 Å². The fourth-order valence-corrected chi connectivity index (χ4v) is 2.35. The third-order valence-corrected chi connectivity index (χ3v) is 3.32. The van der Waals surface area contributed by atoms with Gasteiger partial charge in [-0.2, -0.15) is 0 Å². The molecule has 4 heteroatoms. The van der Waals surface area contributed by atoms with E-state index in [4.69, 9.17) is 5.41 Å². The van der Waals surface area contributed by atoms with Crippen LogP contribution in [0.1, 0.15) is 16.7 Å². The van der Waals surface area contributed by atoms with E-state index >= 15 is 0 Å². The average Bonchev–Trinajstić information content (AvgIpc) is 2.72. The van der Waals surface area contributed by atoms with Crippen LogP contribution < -0.4 is 0 Å². The van der Waals surface area contributed by atoms with Gasteiger partial charge >= 0.3 is 0 Å². The van der Waals surface area contributed by atoms with Crippen molar-refractivity contribution in [1.29, 1.82) is 5.41 Å². The Balaban J connectivity index is 1.87. The van der Waals surface area contributed by atoms with Crippen molar-refractivity contribution in [3.8, 4) is 0 Å². The maximum absolute atomic E-state index is 13.6. The van der Waals surface area contributed by atoms with E-state index in [2.05, 4.69) is 0 Å². The van der Waals surface area contributed by atoms with E-state index in [0.29, 0.717) is 12.4 Å². The molecule has 3 rings (SSSR count). The van der Waals surface area contributed by atoms with Crippen molar-refractivity contribution in [3.63, 3.8) is 0 Å². The number of hydrogen-bond acceptors (Lipinski definition) is 1. The zero-order valence-electron chi connectivity index (χ0n) is 10.2. The van der Waals surface area contributed by atoms with Crippen molar-refractivity contribution in [2.45, 2.75) is 13.1 Å². The van der Waals surface area contributed by atoms with Gasteiger partial charge in [0.25, 0.3) is 0 Å². The molecule has 0 saturated carbocycles. The number of nitrogens with one attached hydrogen (secondary N) is 1. The Morgan fingerprint density at radius 3 is 2.68 bits per heavy atom. The van der Waals surface area contributed by atoms with Gasteiger partial charge in [0, 0.05) is 24.2 Å². The van der Waals surface area contributed by atoms with Crippen molar-refractivity contribution >= 4 is 5.84 Å². The number of amidine groups is 1. The summed E-state index contributed by atoms with van der Waals surface area (Å²) >= 11 is 0. The Bertz CT molecular complexity index is 652. The number of nitrogens with zero attached hydrogens (tertiary/aromatic N) is 1. The minimum atomic E-state index is -0.459. The molecule has 2 nitrogen and oxygen atoms in total. The van der Waals surface area contributed by atoms with Crippen LogP contribution in [0.25, 0.3) is 0 Å². The molecular formula is C15H12F2N2. The molecule has 2 aromatic carbocycles. The predicted octanol–water partition coefficient (Wildman–Crippen LogP) is 3.31. The second-order valence-electron chi connectivity index (χ2n) is 4.60. The van der Waals surface area contributed by atoms with Crippen LogP contribution in [0.5, 0.6) is 0 Å². The highest BCUT2D eigenvalue weighted by atomic mass is 19.1. The third-order valence-electron chi connectivity index (χ3n) is 3.32. The summed E-state index contributed by atoms with van der Waals surface area (Å²) in [7, 11) is 0. The Kier molecular flexibility index (Phi) is 2.78. The lowest BCUT2D eigenvalue weighted by atomic mass is 10.1. The van der Waals surface area contributed by atoms with Crippen LogP contribution in [0, 0.1) is 17.0 Å². The van der Waals surface area contributed by atoms with E-state index in [1.165, 1.54) is 6.07 Å². The Morgan fingerprint density at radius 2 is 1.89 bits per heavy atom. The quantitative estimate of drug-likeness (QED) is 0.879. The molecule has 0 unspecified atom stereocenters. The maximum atomic E-state index is 13.6. The standard InChI is InChI=1S/C15H12F2N2/c16-12-5-6-14(17)11(7-12)9-19-8-10-3-1-2-4-13(10)15(19)18/h1-7,18H,8-9H2. The summed E-state index contributed by atoms with van der Waals surface area (Å²) in [4.78, 5) is 1.74. The van der Waals surface area contributed by atoms with Gasteiger partial charge in [0.05, 0.1) is 0 Å². The second kappa shape index (κ2) is 4.46. The highest BCUT2D eigenvalue weighted by Crippen LogP contribution is 2.24. The monoisotopic (exact) mass is 258 g/mol. The van der Waals surface area contributed by atoms with Gasteiger partial charge < -0.3 is 4.90 Å². The van der Waals surface area contributed by atoms with Crippen LogP contribution in [0.4, 0.5) is 8.78 Å². The van der Waals surface area contributed by atoms with Crippen molar-refractivity contribution in [2.75, 3.05) is 0 Å². The number of benzene rings is 2. The first-order valence-corrected chi connectivity index (χ1v) is 6.01. The molecule has 2 aromatic rings. The Hall–Kier alpha value is -2.23. The van der Waals surface area contributed by atoms with Crippen molar-refractivity contribution in [2.24, 2.45) is 0 Å². The van der Waals surface area contributed by atoms with E-state index in [-0.39, 0.29) is 12.1 Å². The zero-order valence-corrected chi connectivity index (χ0v) is 10.2. The Morgan fingerprint density at radius 1 is 1.11 bits per heavy atom. The highest BCUT2D eigenvalue weighted by Gasteiger charge is 2.24. The van der Waals surface area contributed by atoms with Gasteiger partial charge in [-0.25, -0.2) is 8.78 Å². The molecule has 0 bridgehead atoms. The summed E-state index contributed by atoms with van der Waals surface area (Å²) < 4.78 is 26.8. The SMILES string of the molecule is N=C1c2ccccc2CN1Cc1cc(F)ccc1F. The molecule has 0 amide bonds. The van der Waals surface area contributed by atoms with E-state index < -0.39 is 11.6 Å². The lowest BCUT2D eigenvalue weighted by Gasteiger charge is -2.18. The fraction of sp³-hybridized carbons (Fsp3) is 0.133. The van der Waals surface area contributed by atoms with Gasteiger partial charge in [-0.1, -0.05) is 24.3 Å². The lowest BCUT2D eigenvalue weighted by molar-refractivity contribution is 0.409. The molecule has 96 valence electrons. The van der Waals surface area contributed by atoms with Gasteiger partial charge in [-0.15, -0.1) is 0 Å². The van der Waals surface area contributed by atoms with Gasteiger partial charge in [0.15, 0.2) is 0 Å². The van der Waals surface area contributed by atoms with Gasteiger partial charge in [0.2, 0.25) is 0 Å². The topological polar surface area (TPSA) is 27.1 Å². The van der Waals surface area contributed by atoms with E-state index in [9.17, 15) is 8.78 Å². The van der Waals surface area contributed by atoms with Crippen molar-refractivity contribution in [1.82, 2.24) is 4.90 Å². The molecule has 0 atom stereocenters. The predicted molar refractivity (Wildman–Crippen MR) is 68.9 cm³/mol. The molecule has 0 aromatic heterocycles. The molecular weight excluding hydrogens is 246 g/mol. The molecule has 0 fully saturated rings. The highest BCUT2D eigenvalue weighted by molar-refractivity contribution is 6.00. The summed E-state index contributed by atoms with van der Waals surface area (Å²) in [6.45, 7) is 0.766. The van der Waals surface area contributed by atoms with E-state index in [1.54, 1.807) is 4.90 Å². The largest absolute Gasteiger partial charge is 0.348 e. The van der Waals surface area contributed by atoms with Crippen molar-refractivity contribution < 1.29 is 8.78 Å². The number of halogens is 2. The first-order valence-electron chi connectivity index (χ1n) is 6.01. The molecule has 1 N–H and O–H groups in total. The molecule has 1 aliphatic rings. The van der Waals surface area contributed by atoms with Crippen LogP contribution in [0.2, 0.25) is 0 Å². The van der Waals surface area contributed by atoms with E-state index in [0.717, 1.165) is 23.3 Å². The minimum Gasteiger partial charge on any atom is -0.348 e. The Labute approximate surface area is 109 Å². The lowest BCUT2D eigenvalue weighted by Crippen LogP contribution is -2.23. The van der Waals surface area contributed by atoms with Crippen LogP contribution in [0.3, 0.4) is 0 Å². The molecule has 0 spiro atoms. The van der Waals surface area contributed by atoms with E-state index in [1.807, 2.05) is 24.3 Å². The third kappa shape index (κ3) is 2.10. The maximum Gasteiger partial charge on any atom is 0.129 e. The van der Waals surface area contributed by atoms with Crippen LogP contribution >= 0.6 is 0 Å². The first kappa shape index (κ1) is 11.8. The normalized spacial score (nSPS) is 13.8. The van der Waals surface area contributed by atoms with Crippen LogP contribution in [0.15, 0.2) is 42.5 Å². The minimum absolute atomic E-state index is 0.205. The van der Waals surface area contributed by atoms with Gasteiger partial charge in [-0.3, -0.25) is 5.41 Å². The molecule has 19 heavy (non-hydrogen) atoms. The summed E-state index contributed by atoms with van der Waals surface area (Å²) in [5, 5.41) is 8.07. The van der Waals surface area contributed by atoms with Gasteiger partial charge in [0.1, 0.15) is 17.5 Å². The smallest absolute Gasteiger partial charge is 0.129 e. The number of fused-ring (bicyclic) bond motifs is 1. The average molecular weight is 258 g/mol. The molecule has 1 heterocycles.